The van der Waals surface area contributed by atoms with Gasteiger partial charge in [0.25, 0.3) is 0 Å². The van der Waals surface area contributed by atoms with Crippen molar-refractivity contribution in [3.8, 4) is 0 Å². The first-order chi connectivity index (χ1) is 8.08. The van der Waals surface area contributed by atoms with Gasteiger partial charge in [0.05, 0.1) is 0 Å². The number of hydrogen-bond acceptors (Lipinski definition) is 5. The maximum absolute atomic E-state index is 10.3. The zero-order chi connectivity index (χ0) is 12.3. The Bertz CT molecular complexity index is 482. The molecular weight excluding hydrogens is 234 g/mol. The van der Waals surface area contributed by atoms with Gasteiger partial charge in [-0.1, -0.05) is 0 Å². The van der Waals surface area contributed by atoms with Gasteiger partial charge in [0.15, 0.2) is 0 Å². The number of anilines is 1. The number of aliphatic hydroxyl groups is 1. The highest BCUT2D eigenvalue weighted by Crippen LogP contribution is 2.23. The number of hydrogen-bond donors (Lipinski definition) is 2. The van der Waals surface area contributed by atoms with E-state index in [1.54, 1.807) is 18.3 Å². The first-order valence-electron chi connectivity index (χ1n) is 5.35. The predicted molar refractivity (Wildman–Crippen MR) is 69.1 cm³/mol. The molecular formula is C12H15N3OS. The summed E-state index contributed by atoms with van der Waals surface area (Å²) in [6.07, 6.45) is 1.51. The van der Waals surface area contributed by atoms with E-state index in [4.69, 9.17) is 0 Å². The van der Waals surface area contributed by atoms with Crippen LogP contribution in [-0.4, -0.2) is 21.6 Å². The molecule has 2 heterocycles. The van der Waals surface area contributed by atoms with Gasteiger partial charge < -0.3 is 10.4 Å². The lowest BCUT2D eigenvalue weighted by molar-refractivity contribution is 0.0719. The van der Waals surface area contributed by atoms with E-state index in [2.05, 4.69) is 15.3 Å². The Kier molecular flexibility index (Phi) is 3.40. The Morgan fingerprint density at radius 3 is 2.94 bits per heavy atom. The highest BCUT2D eigenvalue weighted by Gasteiger charge is 2.23. The predicted octanol–water partition coefficient (Wildman–Crippen LogP) is 2.17. The van der Waals surface area contributed by atoms with Crippen molar-refractivity contribution in [3.05, 3.63) is 40.5 Å². The number of aryl methyl sites for hydroxylation is 1. The molecule has 0 aliphatic heterocycles. The number of aromatic nitrogens is 2. The Morgan fingerprint density at radius 1 is 1.47 bits per heavy atom. The van der Waals surface area contributed by atoms with Crippen molar-refractivity contribution in [1.82, 2.24) is 9.97 Å². The second-order valence-electron chi connectivity index (χ2n) is 4.18. The molecule has 2 N–H and O–H groups in total. The van der Waals surface area contributed by atoms with E-state index in [1.807, 2.05) is 29.8 Å². The molecule has 0 saturated heterocycles. The van der Waals surface area contributed by atoms with Crippen LogP contribution in [0, 0.1) is 6.92 Å². The van der Waals surface area contributed by atoms with Crippen molar-refractivity contribution in [2.24, 2.45) is 0 Å². The minimum absolute atomic E-state index is 0.417. The largest absolute Gasteiger partial charge is 0.384 e. The summed E-state index contributed by atoms with van der Waals surface area (Å²) in [6.45, 7) is 4.11. The normalized spacial score (nSPS) is 14.3. The Balaban J connectivity index is 2.03. The smallest absolute Gasteiger partial charge is 0.129 e. The fourth-order valence-corrected chi connectivity index (χ4v) is 2.27. The average Bonchev–Trinajstić information content (AvgIpc) is 2.81. The summed E-state index contributed by atoms with van der Waals surface area (Å²) in [4.78, 5) is 8.12. The third-order valence-electron chi connectivity index (χ3n) is 2.56. The van der Waals surface area contributed by atoms with E-state index < -0.39 is 5.60 Å². The van der Waals surface area contributed by atoms with Crippen LogP contribution in [0.5, 0.6) is 0 Å². The fraction of sp³-hybridized carbons (Fsp3) is 0.333. The van der Waals surface area contributed by atoms with Crippen molar-refractivity contribution < 1.29 is 5.11 Å². The van der Waals surface area contributed by atoms with Gasteiger partial charge in [0.2, 0.25) is 0 Å². The summed E-state index contributed by atoms with van der Waals surface area (Å²) in [5.41, 5.74) is 0.928. The zero-order valence-corrected chi connectivity index (χ0v) is 10.7. The van der Waals surface area contributed by atoms with Crippen LogP contribution < -0.4 is 5.32 Å². The van der Waals surface area contributed by atoms with Crippen molar-refractivity contribution >= 4 is 17.2 Å². The fourth-order valence-electron chi connectivity index (χ4n) is 1.49. The molecule has 17 heavy (non-hydrogen) atoms. The molecule has 0 radical (unpaired) electrons. The summed E-state index contributed by atoms with van der Waals surface area (Å²) < 4.78 is 0. The molecule has 5 heteroatoms. The van der Waals surface area contributed by atoms with Gasteiger partial charge in [-0.25, -0.2) is 9.97 Å². The van der Waals surface area contributed by atoms with Gasteiger partial charge in [-0.05, 0) is 36.2 Å². The molecule has 0 fully saturated rings. The number of nitrogens with one attached hydrogen (secondary N) is 1. The lowest BCUT2D eigenvalue weighted by Crippen LogP contribution is -2.30. The summed E-state index contributed by atoms with van der Waals surface area (Å²) in [6, 6.07) is 3.78. The quantitative estimate of drug-likeness (QED) is 0.872. The molecule has 1 unspecified atom stereocenters. The second kappa shape index (κ2) is 4.81. The zero-order valence-electron chi connectivity index (χ0n) is 9.84. The molecule has 0 bridgehead atoms. The van der Waals surface area contributed by atoms with Crippen LogP contribution in [0.3, 0.4) is 0 Å². The van der Waals surface area contributed by atoms with Crippen molar-refractivity contribution in [1.29, 1.82) is 0 Å². The van der Waals surface area contributed by atoms with Crippen LogP contribution in [-0.2, 0) is 5.60 Å². The van der Waals surface area contributed by atoms with Gasteiger partial charge in [0, 0.05) is 18.3 Å². The molecule has 2 rings (SSSR count). The molecule has 4 nitrogen and oxygen atoms in total. The molecule has 1 atom stereocenters. The molecule has 0 saturated carbocycles. The summed E-state index contributed by atoms with van der Waals surface area (Å²) >= 11 is 1.58. The molecule has 0 amide bonds. The summed E-state index contributed by atoms with van der Waals surface area (Å²) in [5, 5.41) is 17.3. The van der Waals surface area contributed by atoms with E-state index >= 15 is 0 Å². The van der Waals surface area contributed by atoms with Crippen LogP contribution in [0.2, 0.25) is 0 Å². The van der Waals surface area contributed by atoms with Gasteiger partial charge in [-0.2, -0.15) is 11.3 Å². The lowest BCUT2D eigenvalue weighted by atomic mass is 9.99. The molecule has 0 aliphatic carbocycles. The number of rotatable bonds is 4. The Labute approximate surface area is 104 Å². The van der Waals surface area contributed by atoms with E-state index in [0.717, 1.165) is 17.1 Å². The molecule has 2 aromatic heterocycles. The topological polar surface area (TPSA) is 58.0 Å². The molecule has 0 aromatic carbocycles. The van der Waals surface area contributed by atoms with Crippen molar-refractivity contribution in [2.75, 3.05) is 11.9 Å². The SMILES string of the molecule is Cc1cc(NCC(C)(O)c2ccsc2)ncn1. The van der Waals surface area contributed by atoms with Crippen LogP contribution in [0.25, 0.3) is 0 Å². The first kappa shape index (κ1) is 12.0. The van der Waals surface area contributed by atoms with Gasteiger partial charge in [-0.3, -0.25) is 0 Å². The third-order valence-corrected chi connectivity index (χ3v) is 3.24. The molecule has 90 valence electrons. The Hall–Kier alpha value is -1.46. The van der Waals surface area contributed by atoms with Gasteiger partial charge in [0.1, 0.15) is 17.7 Å². The highest BCUT2D eigenvalue weighted by molar-refractivity contribution is 7.08. The van der Waals surface area contributed by atoms with E-state index in [9.17, 15) is 5.11 Å². The van der Waals surface area contributed by atoms with Crippen LogP contribution in [0.15, 0.2) is 29.2 Å². The maximum atomic E-state index is 10.3. The molecule has 0 spiro atoms. The average molecular weight is 249 g/mol. The minimum atomic E-state index is -0.890. The first-order valence-corrected chi connectivity index (χ1v) is 6.30. The third kappa shape index (κ3) is 3.01. The maximum Gasteiger partial charge on any atom is 0.129 e. The van der Waals surface area contributed by atoms with Crippen molar-refractivity contribution in [2.45, 2.75) is 19.4 Å². The van der Waals surface area contributed by atoms with Crippen molar-refractivity contribution in [3.63, 3.8) is 0 Å². The van der Waals surface area contributed by atoms with Gasteiger partial charge >= 0.3 is 0 Å². The molecule has 0 aliphatic rings. The van der Waals surface area contributed by atoms with Crippen LogP contribution in [0.4, 0.5) is 5.82 Å². The van der Waals surface area contributed by atoms with E-state index in [0.29, 0.717) is 6.54 Å². The number of thiophene rings is 1. The van der Waals surface area contributed by atoms with Crippen LogP contribution in [0.1, 0.15) is 18.2 Å². The van der Waals surface area contributed by atoms with Gasteiger partial charge in [-0.15, -0.1) is 0 Å². The summed E-state index contributed by atoms with van der Waals surface area (Å²) in [5.74, 6) is 0.730. The molecule has 2 aromatic rings. The lowest BCUT2D eigenvalue weighted by Gasteiger charge is -2.23. The second-order valence-corrected chi connectivity index (χ2v) is 4.96. The Morgan fingerprint density at radius 2 is 2.29 bits per heavy atom. The highest BCUT2D eigenvalue weighted by atomic mass is 32.1. The summed E-state index contributed by atoms with van der Waals surface area (Å²) in [7, 11) is 0. The van der Waals surface area contributed by atoms with E-state index in [-0.39, 0.29) is 0 Å². The number of nitrogens with zero attached hydrogens (tertiary/aromatic N) is 2. The van der Waals surface area contributed by atoms with E-state index in [1.165, 1.54) is 6.33 Å². The standard InChI is InChI=1S/C12H15N3OS/c1-9-5-11(15-8-14-9)13-7-12(2,16)10-3-4-17-6-10/h3-6,8,16H,7H2,1-2H3,(H,13,14,15). The van der Waals surface area contributed by atoms with Crippen LogP contribution >= 0.6 is 11.3 Å². The monoisotopic (exact) mass is 249 g/mol. The minimum Gasteiger partial charge on any atom is -0.384 e.